The van der Waals surface area contributed by atoms with Gasteiger partial charge in [0, 0.05) is 5.02 Å². The third-order valence-corrected chi connectivity index (χ3v) is 6.93. The zero-order valence-electron chi connectivity index (χ0n) is 17.7. The van der Waals surface area contributed by atoms with E-state index in [1.807, 2.05) is 54.6 Å². The fourth-order valence-corrected chi connectivity index (χ4v) is 4.87. The first-order chi connectivity index (χ1) is 16.1. The van der Waals surface area contributed by atoms with E-state index in [1.54, 1.807) is 36.8 Å². The second-order valence-corrected chi connectivity index (χ2v) is 9.54. The Morgan fingerprint density at radius 1 is 1.15 bits per heavy atom. The lowest BCUT2D eigenvalue weighted by Crippen LogP contribution is -2.19. The molecule has 33 heavy (non-hydrogen) atoms. The minimum atomic E-state index is -0.205. The zero-order chi connectivity index (χ0) is 23.0. The van der Waals surface area contributed by atoms with Gasteiger partial charge in [0.1, 0.15) is 6.61 Å². The Morgan fingerprint density at radius 2 is 1.97 bits per heavy atom. The summed E-state index contributed by atoms with van der Waals surface area (Å²) in [5.74, 6) is 1.21. The Kier molecular flexibility index (Phi) is 7.83. The van der Waals surface area contributed by atoms with Crippen molar-refractivity contribution in [2.45, 2.75) is 10.9 Å². The predicted octanol–water partition coefficient (Wildman–Crippen LogP) is 5.78. The number of amides is 1. The van der Waals surface area contributed by atoms with Crippen molar-refractivity contribution in [2.24, 2.45) is 5.10 Å². The molecule has 0 bridgehead atoms. The van der Waals surface area contributed by atoms with Gasteiger partial charge in [-0.1, -0.05) is 47.6 Å². The summed E-state index contributed by atoms with van der Waals surface area (Å²) in [6.45, 7) is 0.369. The predicted molar refractivity (Wildman–Crippen MR) is 135 cm³/mol. The summed E-state index contributed by atoms with van der Waals surface area (Å²) in [4.78, 5) is 16.7. The maximum atomic E-state index is 12.1. The Balaban J connectivity index is 1.31. The Hall–Kier alpha value is -3.07. The average Bonchev–Trinajstić information content (AvgIpc) is 3.26. The van der Waals surface area contributed by atoms with E-state index in [2.05, 4.69) is 15.5 Å². The molecule has 4 aromatic rings. The molecular formula is C24H20ClN3O3S2. The zero-order valence-corrected chi connectivity index (χ0v) is 20.0. The van der Waals surface area contributed by atoms with Crippen LogP contribution in [0, 0.1) is 0 Å². The molecule has 168 valence electrons. The molecule has 1 heterocycles. The largest absolute Gasteiger partial charge is 0.493 e. The molecule has 0 aliphatic carbocycles. The highest BCUT2D eigenvalue weighted by Crippen LogP contribution is 2.30. The number of nitrogens with one attached hydrogen (secondary N) is 1. The molecule has 0 spiro atoms. The van der Waals surface area contributed by atoms with Crippen LogP contribution in [-0.4, -0.2) is 30.0 Å². The topological polar surface area (TPSA) is 72.8 Å². The van der Waals surface area contributed by atoms with Gasteiger partial charge in [-0.25, -0.2) is 10.4 Å². The number of carbonyl (C=O) groups is 1. The molecule has 1 aromatic heterocycles. The number of fused-ring (bicyclic) bond motifs is 1. The van der Waals surface area contributed by atoms with E-state index in [9.17, 15) is 4.79 Å². The van der Waals surface area contributed by atoms with Crippen LogP contribution in [0.2, 0.25) is 5.02 Å². The van der Waals surface area contributed by atoms with Crippen LogP contribution < -0.4 is 14.9 Å². The number of hydrazone groups is 1. The minimum absolute atomic E-state index is 0.205. The van der Waals surface area contributed by atoms with Crippen LogP contribution in [0.25, 0.3) is 10.2 Å². The quantitative estimate of drug-likeness (QED) is 0.180. The van der Waals surface area contributed by atoms with Crippen LogP contribution in [0.1, 0.15) is 11.1 Å². The molecule has 0 saturated carbocycles. The van der Waals surface area contributed by atoms with Crippen LogP contribution in [0.4, 0.5) is 0 Å². The molecule has 0 radical (unpaired) electrons. The average molecular weight is 498 g/mol. The number of carbonyl (C=O) groups excluding carboxylic acids is 1. The second-order valence-electron chi connectivity index (χ2n) is 6.85. The molecule has 0 atom stereocenters. The Bertz CT molecular complexity index is 1240. The van der Waals surface area contributed by atoms with Gasteiger partial charge in [-0.15, -0.1) is 11.3 Å². The Morgan fingerprint density at radius 3 is 2.76 bits per heavy atom. The smallest absolute Gasteiger partial charge is 0.250 e. The maximum Gasteiger partial charge on any atom is 0.250 e. The molecule has 0 saturated heterocycles. The molecule has 0 aliphatic heterocycles. The van der Waals surface area contributed by atoms with Crippen molar-refractivity contribution in [3.05, 3.63) is 82.9 Å². The highest BCUT2D eigenvalue weighted by atomic mass is 35.5. The first-order valence-corrected chi connectivity index (χ1v) is 12.1. The molecule has 1 N–H and O–H groups in total. The van der Waals surface area contributed by atoms with Crippen LogP contribution in [-0.2, 0) is 11.4 Å². The summed E-state index contributed by atoms with van der Waals surface area (Å²) < 4.78 is 13.2. The SMILES string of the molecule is COc1ccc(C=NNC(=O)CSc2nc3ccccc3s2)cc1OCc1ccc(Cl)cc1. The third-order valence-electron chi connectivity index (χ3n) is 4.50. The van der Waals surface area contributed by atoms with Gasteiger partial charge in [-0.2, -0.15) is 5.10 Å². The van der Waals surface area contributed by atoms with Crippen LogP contribution in [0.5, 0.6) is 11.5 Å². The number of hydrogen-bond donors (Lipinski definition) is 1. The number of nitrogens with zero attached hydrogens (tertiary/aromatic N) is 2. The number of hydrogen-bond acceptors (Lipinski definition) is 7. The van der Waals surface area contributed by atoms with Crippen LogP contribution >= 0.6 is 34.7 Å². The number of rotatable bonds is 9. The lowest BCUT2D eigenvalue weighted by atomic mass is 10.2. The number of methoxy groups -OCH3 is 1. The maximum absolute atomic E-state index is 12.1. The third kappa shape index (κ3) is 6.47. The van der Waals surface area contributed by atoms with Crippen molar-refractivity contribution in [1.29, 1.82) is 0 Å². The van der Waals surface area contributed by atoms with Crippen molar-refractivity contribution in [1.82, 2.24) is 10.4 Å². The lowest BCUT2D eigenvalue weighted by Gasteiger charge is -2.11. The number of halogens is 1. The van der Waals surface area contributed by atoms with E-state index >= 15 is 0 Å². The summed E-state index contributed by atoms with van der Waals surface area (Å²) in [7, 11) is 1.58. The molecule has 0 fully saturated rings. The number of aromatic nitrogens is 1. The first-order valence-electron chi connectivity index (χ1n) is 9.96. The van der Waals surface area contributed by atoms with Crippen molar-refractivity contribution < 1.29 is 14.3 Å². The van der Waals surface area contributed by atoms with Crippen molar-refractivity contribution in [3.63, 3.8) is 0 Å². The van der Waals surface area contributed by atoms with E-state index in [1.165, 1.54) is 11.8 Å². The summed E-state index contributed by atoms with van der Waals surface area (Å²) in [5.41, 5.74) is 5.24. The van der Waals surface area contributed by atoms with E-state index < -0.39 is 0 Å². The van der Waals surface area contributed by atoms with Gasteiger partial charge in [0.05, 0.1) is 29.3 Å². The number of ether oxygens (including phenoxy) is 2. The van der Waals surface area contributed by atoms with Crippen molar-refractivity contribution in [2.75, 3.05) is 12.9 Å². The molecular weight excluding hydrogens is 478 g/mol. The van der Waals surface area contributed by atoms with Gasteiger partial charge >= 0.3 is 0 Å². The highest BCUT2D eigenvalue weighted by molar-refractivity contribution is 8.01. The first kappa shape index (κ1) is 23.1. The highest BCUT2D eigenvalue weighted by Gasteiger charge is 2.08. The molecule has 0 aliphatic rings. The number of para-hydroxylation sites is 1. The van der Waals surface area contributed by atoms with E-state index in [0.29, 0.717) is 23.1 Å². The van der Waals surface area contributed by atoms with Gasteiger partial charge in [0.25, 0.3) is 5.91 Å². The number of thiazole rings is 1. The molecule has 6 nitrogen and oxygen atoms in total. The van der Waals surface area contributed by atoms with E-state index in [-0.39, 0.29) is 11.7 Å². The molecule has 9 heteroatoms. The van der Waals surface area contributed by atoms with Gasteiger partial charge in [-0.3, -0.25) is 4.79 Å². The van der Waals surface area contributed by atoms with Crippen molar-refractivity contribution >= 4 is 57.0 Å². The van der Waals surface area contributed by atoms with Gasteiger partial charge in [0.15, 0.2) is 15.8 Å². The van der Waals surface area contributed by atoms with Gasteiger partial charge in [-0.05, 0) is 53.6 Å². The normalized spacial score (nSPS) is 11.1. The molecule has 4 rings (SSSR count). The fourth-order valence-electron chi connectivity index (χ4n) is 2.88. The summed E-state index contributed by atoms with van der Waals surface area (Å²) in [6.07, 6.45) is 1.56. The van der Waals surface area contributed by atoms with Gasteiger partial charge in [0.2, 0.25) is 0 Å². The number of thioether (sulfide) groups is 1. The van der Waals surface area contributed by atoms with E-state index in [4.69, 9.17) is 21.1 Å². The summed E-state index contributed by atoms with van der Waals surface area (Å²) >= 11 is 8.89. The van der Waals surface area contributed by atoms with Crippen LogP contribution in [0.3, 0.4) is 0 Å². The minimum Gasteiger partial charge on any atom is -0.493 e. The van der Waals surface area contributed by atoms with Crippen LogP contribution in [0.15, 0.2) is 76.2 Å². The number of benzene rings is 3. The summed E-state index contributed by atoms with van der Waals surface area (Å²) in [5, 5.41) is 4.73. The monoisotopic (exact) mass is 497 g/mol. The fraction of sp³-hybridized carbons (Fsp3) is 0.125. The van der Waals surface area contributed by atoms with Crippen molar-refractivity contribution in [3.8, 4) is 11.5 Å². The second kappa shape index (κ2) is 11.2. The summed E-state index contributed by atoms with van der Waals surface area (Å²) in [6, 6.07) is 20.8. The lowest BCUT2D eigenvalue weighted by molar-refractivity contribution is -0.118. The van der Waals surface area contributed by atoms with E-state index in [0.717, 1.165) is 25.7 Å². The molecule has 3 aromatic carbocycles. The Labute approximate surface area is 204 Å². The van der Waals surface area contributed by atoms with Gasteiger partial charge < -0.3 is 9.47 Å². The molecule has 1 amide bonds. The standard InChI is InChI=1S/C24H20ClN3O3S2/c1-30-20-11-8-17(12-21(20)31-14-16-6-9-18(25)10-7-16)13-26-28-23(29)15-32-24-27-19-4-2-3-5-22(19)33-24/h2-13H,14-15H2,1H3,(H,28,29). The molecule has 0 unspecified atom stereocenters.